The summed E-state index contributed by atoms with van der Waals surface area (Å²) in [6.07, 6.45) is 2.30. The lowest BCUT2D eigenvalue weighted by molar-refractivity contribution is -0.138. The number of nitrogens with one attached hydrogen (secondary N) is 1. The molecule has 0 aromatic heterocycles. The smallest absolute Gasteiger partial charge is 0.264 e. The minimum Gasteiger partial charge on any atom is -0.354 e. The van der Waals surface area contributed by atoms with Crippen LogP contribution in [0.15, 0.2) is 88.2 Å². The number of carbonyl (C=O) groups is 2. The highest BCUT2D eigenvalue weighted by molar-refractivity contribution is 9.10. The number of nitrogens with zero attached hydrogens (tertiary/aromatic N) is 2. The van der Waals surface area contributed by atoms with Gasteiger partial charge in [-0.1, -0.05) is 77.3 Å². The van der Waals surface area contributed by atoms with Gasteiger partial charge in [0.05, 0.1) is 10.6 Å². The molecule has 0 aliphatic carbocycles. The molecule has 3 rings (SSSR count). The van der Waals surface area contributed by atoms with Crippen molar-refractivity contribution < 1.29 is 18.0 Å². The van der Waals surface area contributed by atoms with Gasteiger partial charge in [-0.2, -0.15) is 0 Å². The van der Waals surface area contributed by atoms with E-state index in [1.165, 1.54) is 17.0 Å². The molecule has 3 aromatic carbocycles. The Morgan fingerprint density at radius 3 is 2.21 bits per heavy atom. The van der Waals surface area contributed by atoms with Crippen molar-refractivity contribution in [1.82, 2.24) is 10.2 Å². The monoisotopic (exact) mass is 613 g/mol. The van der Waals surface area contributed by atoms with Crippen molar-refractivity contribution in [2.45, 2.75) is 51.0 Å². The average Bonchev–Trinajstić information content (AvgIpc) is 2.93. The molecule has 0 fully saturated rings. The number of aryl methyl sites for hydroxylation is 1. The predicted octanol–water partition coefficient (Wildman–Crippen LogP) is 5.33. The Labute approximate surface area is 240 Å². The van der Waals surface area contributed by atoms with Crippen LogP contribution < -0.4 is 9.62 Å². The minimum absolute atomic E-state index is 0.0880. The van der Waals surface area contributed by atoms with Crippen LogP contribution in [0, 0.1) is 6.92 Å². The maximum atomic E-state index is 13.9. The van der Waals surface area contributed by atoms with Gasteiger partial charge in [-0.3, -0.25) is 13.9 Å². The number of unbranched alkanes of at least 4 members (excludes halogenated alkanes) is 1. The van der Waals surface area contributed by atoms with Gasteiger partial charge in [-0.25, -0.2) is 8.42 Å². The first-order chi connectivity index (χ1) is 18.6. The first-order valence-corrected chi connectivity index (χ1v) is 15.3. The van der Waals surface area contributed by atoms with Crippen LogP contribution in [-0.4, -0.2) is 50.8 Å². The van der Waals surface area contributed by atoms with Crippen LogP contribution in [0.2, 0.25) is 0 Å². The van der Waals surface area contributed by atoms with E-state index >= 15 is 0 Å². The maximum absolute atomic E-state index is 13.9. The molecule has 0 spiro atoms. The van der Waals surface area contributed by atoms with E-state index in [9.17, 15) is 18.0 Å². The number of rotatable bonds is 13. The van der Waals surface area contributed by atoms with Crippen molar-refractivity contribution in [3.8, 4) is 0 Å². The molecule has 3 aromatic rings. The summed E-state index contributed by atoms with van der Waals surface area (Å²) < 4.78 is 29.5. The lowest BCUT2D eigenvalue weighted by atomic mass is 10.1. The Morgan fingerprint density at radius 2 is 1.59 bits per heavy atom. The Hall–Kier alpha value is -3.17. The third kappa shape index (κ3) is 8.41. The van der Waals surface area contributed by atoms with E-state index in [-0.39, 0.29) is 17.3 Å². The molecule has 0 aliphatic heterocycles. The predicted molar refractivity (Wildman–Crippen MR) is 159 cm³/mol. The van der Waals surface area contributed by atoms with Crippen LogP contribution in [0.5, 0.6) is 0 Å². The zero-order valence-electron chi connectivity index (χ0n) is 22.6. The number of carbonyl (C=O) groups excluding carboxylic acids is 2. The third-order valence-corrected chi connectivity index (χ3v) is 8.80. The highest BCUT2D eigenvalue weighted by atomic mass is 79.9. The van der Waals surface area contributed by atoms with Crippen molar-refractivity contribution in [3.05, 3.63) is 94.5 Å². The molecular formula is C30H36BrN3O4S. The molecule has 1 atom stereocenters. The number of halogens is 1. The van der Waals surface area contributed by atoms with Crippen molar-refractivity contribution in [1.29, 1.82) is 0 Å². The molecule has 0 aliphatic rings. The van der Waals surface area contributed by atoms with Crippen LogP contribution >= 0.6 is 15.9 Å². The van der Waals surface area contributed by atoms with E-state index in [0.717, 1.165) is 32.7 Å². The van der Waals surface area contributed by atoms with Gasteiger partial charge in [0.1, 0.15) is 12.6 Å². The summed E-state index contributed by atoms with van der Waals surface area (Å²) in [4.78, 5) is 28.4. The highest BCUT2D eigenvalue weighted by Gasteiger charge is 2.32. The fourth-order valence-corrected chi connectivity index (χ4v) is 5.76. The van der Waals surface area contributed by atoms with E-state index in [0.29, 0.717) is 18.7 Å². The number of benzene rings is 3. The van der Waals surface area contributed by atoms with Crippen LogP contribution in [-0.2, 0) is 26.0 Å². The normalized spacial score (nSPS) is 12.0. The molecule has 0 heterocycles. The Balaban J connectivity index is 1.94. The van der Waals surface area contributed by atoms with Crippen LogP contribution in [0.4, 0.5) is 5.69 Å². The first kappa shape index (κ1) is 30.4. The molecule has 0 saturated carbocycles. The maximum Gasteiger partial charge on any atom is 0.264 e. The summed E-state index contributed by atoms with van der Waals surface area (Å²) in [7, 11) is -4.07. The Bertz CT molecular complexity index is 1330. The molecule has 9 heteroatoms. The summed E-state index contributed by atoms with van der Waals surface area (Å²) in [5, 5.41) is 2.90. The summed E-state index contributed by atoms with van der Waals surface area (Å²) >= 11 is 3.39. The molecule has 0 bridgehead atoms. The summed E-state index contributed by atoms with van der Waals surface area (Å²) in [5.74, 6) is -0.718. The van der Waals surface area contributed by atoms with Gasteiger partial charge in [-0.15, -0.1) is 0 Å². The van der Waals surface area contributed by atoms with Gasteiger partial charge in [0, 0.05) is 17.6 Å². The zero-order valence-corrected chi connectivity index (χ0v) is 25.0. The zero-order chi connectivity index (χ0) is 28.4. The molecule has 0 unspecified atom stereocenters. The van der Waals surface area contributed by atoms with Crippen LogP contribution in [0.3, 0.4) is 0 Å². The molecule has 208 valence electrons. The Morgan fingerprint density at radius 1 is 0.949 bits per heavy atom. The van der Waals surface area contributed by atoms with Crippen molar-refractivity contribution in [2.24, 2.45) is 0 Å². The number of sulfonamides is 1. The standard InChI is InChI=1S/C30H36BrN3O4S/c1-4-5-20-32-30(36)24(3)33(21-19-25-9-7-6-8-10-25)29(35)22-34(27-15-13-26(31)14-16-27)39(37,38)28-17-11-23(2)12-18-28/h6-18,24H,4-5,19-22H2,1-3H3,(H,32,36)/t24-/m1/s1. The van der Waals surface area contributed by atoms with E-state index in [1.54, 1.807) is 43.3 Å². The van der Waals surface area contributed by atoms with Crippen molar-refractivity contribution in [2.75, 3.05) is 23.9 Å². The van der Waals surface area contributed by atoms with E-state index < -0.39 is 28.5 Å². The van der Waals surface area contributed by atoms with Crippen LogP contribution in [0.1, 0.15) is 37.8 Å². The molecule has 7 nitrogen and oxygen atoms in total. The molecule has 39 heavy (non-hydrogen) atoms. The van der Waals surface area contributed by atoms with Gasteiger partial charge in [0.15, 0.2) is 0 Å². The number of hydrogen-bond donors (Lipinski definition) is 1. The number of anilines is 1. The topological polar surface area (TPSA) is 86.8 Å². The molecule has 2 amide bonds. The second kappa shape index (κ2) is 14.3. The summed E-state index contributed by atoms with van der Waals surface area (Å²) in [6.45, 7) is 5.94. The summed E-state index contributed by atoms with van der Waals surface area (Å²) in [6, 6.07) is 22.2. The molecule has 0 saturated heterocycles. The van der Waals surface area contributed by atoms with Gasteiger partial charge in [-0.05, 0) is 68.7 Å². The fraction of sp³-hybridized carbons (Fsp3) is 0.333. The molecule has 1 N–H and O–H groups in total. The SMILES string of the molecule is CCCCNC(=O)[C@@H](C)N(CCc1ccccc1)C(=O)CN(c1ccc(Br)cc1)S(=O)(=O)c1ccc(C)cc1. The Kier molecular flexibility index (Phi) is 11.1. The third-order valence-electron chi connectivity index (χ3n) is 6.48. The van der Waals surface area contributed by atoms with Gasteiger partial charge in [0.2, 0.25) is 11.8 Å². The van der Waals surface area contributed by atoms with Gasteiger partial charge < -0.3 is 10.2 Å². The lowest BCUT2D eigenvalue weighted by Crippen LogP contribution is -2.52. The lowest BCUT2D eigenvalue weighted by Gasteiger charge is -2.32. The van der Waals surface area contributed by atoms with Crippen molar-refractivity contribution in [3.63, 3.8) is 0 Å². The van der Waals surface area contributed by atoms with Gasteiger partial charge in [0.25, 0.3) is 10.0 Å². The van der Waals surface area contributed by atoms with E-state index in [4.69, 9.17) is 0 Å². The molecule has 0 radical (unpaired) electrons. The highest BCUT2D eigenvalue weighted by Crippen LogP contribution is 2.26. The minimum atomic E-state index is -4.07. The quantitative estimate of drug-likeness (QED) is 0.264. The molecular weight excluding hydrogens is 578 g/mol. The van der Waals surface area contributed by atoms with E-state index in [2.05, 4.69) is 21.2 Å². The fourth-order valence-electron chi connectivity index (χ4n) is 4.08. The van der Waals surface area contributed by atoms with Crippen molar-refractivity contribution >= 4 is 43.5 Å². The number of hydrogen-bond acceptors (Lipinski definition) is 4. The second-order valence-corrected chi connectivity index (χ2v) is 12.2. The van der Waals surface area contributed by atoms with Crippen LogP contribution in [0.25, 0.3) is 0 Å². The van der Waals surface area contributed by atoms with Gasteiger partial charge >= 0.3 is 0 Å². The average molecular weight is 615 g/mol. The summed E-state index contributed by atoms with van der Waals surface area (Å²) in [5.41, 5.74) is 2.30. The second-order valence-electron chi connectivity index (χ2n) is 9.44. The number of amides is 2. The largest absolute Gasteiger partial charge is 0.354 e. The first-order valence-electron chi connectivity index (χ1n) is 13.1. The van der Waals surface area contributed by atoms with E-state index in [1.807, 2.05) is 44.2 Å².